The minimum absolute atomic E-state index is 0.0444. The summed E-state index contributed by atoms with van der Waals surface area (Å²) in [5.41, 5.74) is 6.71. The number of rotatable bonds is 6. The zero-order valence-corrected chi connectivity index (χ0v) is 31.8. The lowest BCUT2D eigenvalue weighted by atomic mass is 9.75. The zero-order chi connectivity index (χ0) is 33.7. The molecule has 0 radical (unpaired) electrons. The zero-order valence-electron chi connectivity index (χ0n) is 30.0. The Kier molecular flexibility index (Phi) is 10.3. The van der Waals surface area contributed by atoms with Crippen LogP contribution in [0.1, 0.15) is 116 Å². The van der Waals surface area contributed by atoms with Crippen LogP contribution in [0.3, 0.4) is 0 Å². The molecule has 0 bridgehead atoms. The van der Waals surface area contributed by atoms with E-state index in [1.165, 1.54) is 33.4 Å². The highest BCUT2D eigenvalue weighted by atomic mass is 31.2. The molecule has 0 N–H and O–H groups in total. The molecular weight excluding hydrogens is 602 g/mol. The molecule has 8 heteroatoms. The lowest BCUT2D eigenvalue weighted by Crippen LogP contribution is -2.46. The van der Waals surface area contributed by atoms with Gasteiger partial charge in [0, 0.05) is 0 Å². The highest BCUT2D eigenvalue weighted by Crippen LogP contribution is 2.60. The number of benzene rings is 2. The van der Waals surface area contributed by atoms with Crippen molar-refractivity contribution in [1.82, 2.24) is 0 Å². The second-order valence-electron chi connectivity index (χ2n) is 17.4. The summed E-state index contributed by atoms with van der Waals surface area (Å²) in [6.45, 7) is 27.3. The first-order valence-electron chi connectivity index (χ1n) is 16.5. The predicted octanol–water partition coefficient (Wildman–Crippen LogP) is 10.1. The highest BCUT2D eigenvalue weighted by Gasteiger charge is 2.48. The van der Waals surface area contributed by atoms with Crippen molar-refractivity contribution in [2.45, 2.75) is 118 Å². The van der Waals surface area contributed by atoms with Crippen molar-refractivity contribution in [2.24, 2.45) is 5.41 Å². The molecule has 0 amide bonds. The first-order valence-corrected chi connectivity index (χ1v) is 19.9. The van der Waals surface area contributed by atoms with Crippen LogP contribution >= 0.6 is 15.2 Å². The van der Waals surface area contributed by atoms with E-state index < -0.39 is 20.6 Å². The maximum atomic E-state index is 13.8. The minimum Gasteiger partial charge on any atom is -0.308 e. The fourth-order valence-corrected chi connectivity index (χ4v) is 10.1. The van der Waals surface area contributed by atoms with Gasteiger partial charge < -0.3 is 18.1 Å². The minimum atomic E-state index is -3.32. The van der Waals surface area contributed by atoms with Crippen LogP contribution in [0.5, 0.6) is 0 Å². The third kappa shape index (κ3) is 8.62. The molecule has 0 saturated carbocycles. The Bertz CT molecular complexity index is 1260. The van der Waals surface area contributed by atoms with Crippen LogP contribution in [-0.4, -0.2) is 38.8 Å². The van der Waals surface area contributed by atoms with E-state index in [2.05, 4.69) is 119 Å². The van der Waals surface area contributed by atoms with Crippen molar-refractivity contribution in [2.75, 3.05) is 38.8 Å². The summed E-state index contributed by atoms with van der Waals surface area (Å²) < 4.78 is 51.6. The fourth-order valence-electron chi connectivity index (χ4n) is 6.54. The van der Waals surface area contributed by atoms with Crippen LogP contribution in [0.2, 0.25) is 0 Å². The third-order valence-electron chi connectivity index (χ3n) is 9.13. The summed E-state index contributed by atoms with van der Waals surface area (Å²) in [6, 6.07) is 13.0. The molecule has 0 atom stereocenters. The van der Waals surface area contributed by atoms with Crippen molar-refractivity contribution in [3.8, 4) is 0 Å². The van der Waals surface area contributed by atoms with E-state index in [0.717, 1.165) is 0 Å². The molecule has 6 nitrogen and oxygen atoms in total. The maximum absolute atomic E-state index is 13.8. The normalized spacial score (nSPS) is 26.8. The Morgan fingerprint density at radius 3 is 0.978 bits per heavy atom. The second kappa shape index (κ2) is 12.6. The summed E-state index contributed by atoms with van der Waals surface area (Å²) in [5.74, 6) is 0. The van der Waals surface area contributed by atoms with E-state index in [-0.39, 0.29) is 48.1 Å². The van der Waals surface area contributed by atoms with Crippen LogP contribution in [0.4, 0.5) is 0 Å². The van der Waals surface area contributed by atoms with Gasteiger partial charge in [0.1, 0.15) is 0 Å². The SMILES string of the molecule is CC(C)(C)c1cccc(C(C)(C)C)c1CCP1(=O)OCC2(CO1)COP(=O)(CCc1c(C(C)(C)C)cccc1C(C)(C)C)OC2. The monoisotopic (exact) mass is 660 g/mol. The van der Waals surface area contributed by atoms with Crippen LogP contribution in [0, 0.1) is 5.41 Å². The molecule has 0 aliphatic carbocycles. The van der Waals surface area contributed by atoms with E-state index >= 15 is 0 Å². The maximum Gasteiger partial charge on any atom is 0.331 e. The molecule has 252 valence electrons. The highest BCUT2D eigenvalue weighted by molar-refractivity contribution is 7.54. The summed E-state index contributed by atoms with van der Waals surface area (Å²) >= 11 is 0. The largest absolute Gasteiger partial charge is 0.331 e. The first kappa shape index (κ1) is 36.6. The Balaban J connectivity index is 1.41. The van der Waals surface area contributed by atoms with Crippen LogP contribution in [-0.2, 0) is 61.7 Å². The fraction of sp³-hybridized carbons (Fsp3) is 0.676. The Morgan fingerprint density at radius 1 is 0.511 bits per heavy atom. The quantitative estimate of drug-likeness (QED) is 0.287. The van der Waals surface area contributed by atoms with E-state index in [9.17, 15) is 9.13 Å². The molecule has 1 spiro atoms. The lowest BCUT2D eigenvalue weighted by Gasteiger charge is -2.43. The topological polar surface area (TPSA) is 71.1 Å². The molecular formula is C37H58O6P2. The Hall–Kier alpha value is -1.26. The summed E-state index contributed by atoms with van der Waals surface area (Å²) in [4.78, 5) is 0. The van der Waals surface area contributed by atoms with Crippen LogP contribution in [0.25, 0.3) is 0 Å². The lowest BCUT2D eigenvalue weighted by molar-refractivity contribution is -0.0683. The first-order chi connectivity index (χ1) is 20.5. The smallest absolute Gasteiger partial charge is 0.308 e. The predicted molar refractivity (Wildman–Crippen MR) is 186 cm³/mol. The van der Waals surface area contributed by atoms with Gasteiger partial charge in [-0.2, -0.15) is 0 Å². The molecule has 2 aliphatic rings. The van der Waals surface area contributed by atoms with Crippen molar-refractivity contribution in [1.29, 1.82) is 0 Å². The van der Waals surface area contributed by atoms with Gasteiger partial charge in [-0.15, -0.1) is 0 Å². The molecule has 2 saturated heterocycles. The van der Waals surface area contributed by atoms with Crippen molar-refractivity contribution < 1.29 is 27.2 Å². The Labute approximate surface area is 273 Å². The van der Waals surface area contributed by atoms with Gasteiger partial charge in [0.05, 0.1) is 44.2 Å². The van der Waals surface area contributed by atoms with Crippen LogP contribution < -0.4 is 0 Å². The molecule has 0 unspecified atom stereocenters. The van der Waals surface area contributed by atoms with Gasteiger partial charge in [-0.1, -0.05) is 119 Å². The second-order valence-corrected chi connectivity index (χ2v) is 21.8. The standard InChI is InChI=1S/C37H58O6P2/c1-33(2,3)29-15-13-16-30(34(4,5)6)27(29)19-21-44(38)40-23-37(24-41-44)25-42-45(39,43-26-37)22-20-28-31(35(7,8)9)17-14-18-32(28)36(10,11)12/h13-18H,19-26H2,1-12H3. The van der Waals surface area contributed by atoms with Gasteiger partial charge in [-0.3, -0.25) is 9.13 Å². The number of hydrogen-bond acceptors (Lipinski definition) is 6. The molecule has 45 heavy (non-hydrogen) atoms. The van der Waals surface area contributed by atoms with Gasteiger partial charge >= 0.3 is 15.2 Å². The molecule has 2 heterocycles. The van der Waals surface area contributed by atoms with Gasteiger partial charge in [0.2, 0.25) is 0 Å². The van der Waals surface area contributed by atoms with Crippen molar-refractivity contribution in [3.05, 3.63) is 69.8 Å². The third-order valence-corrected chi connectivity index (χ3v) is 12.8. The van der Waals surface area contributed by atoms with Gasteiger partial charge in [0.25, 0.3) is 0 Å². The van der Waals surface area contributed by atoms with Gasteiger partial charge in [-0.25, -0.2) is 0 Å². The molecule has 2 aromatic rings. The molecule has 4 rings (SSSR count). The van der Waals surface area contributed by atoms with Crippen LogP contribution in [0.15, 0.2) is 36.4 Å². The van der Waals surface area contributed by atoms with E-state index in [4.69, 9.17) is 18.1 Å². The summed E-state index contributed by atoms with van der Waals surface area (Å²) in [6.07, 6.45) is 1.84. The van der Waals surface area contributed by atoms with Crippen molar-refractivity contribution >= 4 is 15.2 Å². The summed E-state index contributed by atoms with van der Waals surface area (Å²) in [7, 11) is -6.65. The van der Waals surface area contributed by atoms with E-state index in [0.29, 0.717) is 25.2 Å². The Morgan fingerprint density at radius 2 is 0.756 bits per heavy atom. The molecule has 2 fully saturated rings. The molecule has 2 aliphatic heterocycles. The van der Waals surface area contributed by atoms with Gasteiger partial charge in [0.15, 0.2) is 0 Å². The number of hydrogen-bond donors (Lipinski definition) is 0. The van der Waals surface area contributed by atoms with E-state index in [1.54, 1.807) is 0 Å². The van der Waals surface area contributed by atoms with Crippen molar-refractivity contribution in [3.63, 3.8) is 0 Å². The van der Waals surface area contributed by atoms with Gasteiger partial charge in [-0.05, 0) is 67.9 Å². The average Bonchev–Trinajstić information content (AvgIpc) is 2.92. The summed E-state index contributed by atoms with van der Waals surface area (Å²) in [5, 5.41) is 0. The average molecular weight is 661 g/mol. The van der Waals surface area contributed by atoms with E-state index in [1.807, 2.05) is 0 Å². The molecule has 0 aromatic heterocycles. The molecule has 2 aromatic carbocycles.